The maximum Gasteiger partial charge on any atom is 0.225 e. The summed E-state index contributed by atoms with van der Waals surface area (Å²) in [6.45, 7) is 4.52. The van der Waals surface area contributed by atoms with Crippen molar-refractivity contribution in [2.45, 2.75) is 12.8 Å². The second-order valence-electron chi connectivity index (χ2n) is 6.25. The van der Waals surface area contributed by atoms with Crippen molar-refractivity contribution in [2.24, 2.45) is 11.8 Å². The molecule has 0 saturated carbocycles. The maximum atomic E-state index is 12.1. The molecule has 1 N–H and O–H groups in total. The van der Waals surface area contributed by atoms with Crippen LogP contribution in [0.2, 0.25) is 0 Å². The average Bonchev–Trinajstić information content (AvgIpc) is 2.70. The first-order chi connectivity index (χ1) is 10.4. The Labute approximate surface area is 133 Å². The molecule has 2 saturated heterocycles. The van der Waals surface area contributed by atoms with Gasteiger partial charge in [0.25, 0.3) is 0 Å². The number of nitrogens with zero attached hydrogens (tertiary/aromatic N) is 2. The molecule has 1 amide bonds. The van der Waals surface area contributed by atoms with Crippen LogP contribution in [0, 0.1) is 11.8 Å². The minimum absolute atomic E-state index is 0.0903. The van der Waals surface area contributed by atoms with Crippen LogP contribution in [-0.2, 0) is 19.6 Å². The molecule has 22 heavy (non-hydrogen) atoms. The van der Waals surface area contributed by atoms with E-state index < -0.39 is 10.0 Å². The highest BCUT2D eigenvalue weighted by molar-refractivity contribution is 7.88. The third-order valence-corrected chi connectivity index (χ3v) is 5.78. The molecule has 128 valence electrons. The minimum Gasteiger partial charge on any atom is -0.381 e. The number of sulfonamides is 1. The average molecular weight is 333 g/mol. The molecule has 2 heterocycles. The van der Waals surface area contributed by atoms with Crippen LogP contribution in [0.4, 0.5) is 0 Å². The molecule has 2 rings (SSSR count). The number of amides is 1. The van der Waals surface area contributed by atoms with Gasteiger partial charge in [0.15, 0.2) is 0 Å². The van der Waals surface area contributed by atoms with Crippen molar-refractivity contribution in [3.8, 4) is 0 Å². The summed E-state index contributed by atoms with van der Waals surface area (Å²) >= 11 is 0. The summed E-state index contributed by atoms with van der Waals surface area (Å²) in [6.07, 6.45) is 3.29. The standard InChI is InChI=1S/C14H27N3O4S/c1-15-14(18)13-10-16(9-12-3-7-21-8-4-12)5-6-17(11-13)22(2,19)20/h12-13H,3-11H2,1-2H3,(H,15,18)/t13-/m0/s1. The monoisotopic (exact) mass is 333 g/mol. The summed E-state index contributed by atoms with van der Waals surface area (Å²) in [5, 5.41) is 2.65. The van der Waals surface area contributed by atoms with Crippen LogP contribution in [0.5, 0.6) is 0 Å². The number of carbonyl (C=O) groups is 1. The summed E-state index contributed by atoms with van der Waals surface area (Å²) < 4.78 is 30.5. The van der Waals surface area contributed by atoms with E-state index in [0.717, 1.165) is 32.6 Å². The zero-order valence-corrected chi connectivity index (χ0v) is 14.3. The van der Waals surface area contributed by atoms with Gasteiger partial charge in [-0.05, 0) is 18.8 Å². The Balaban J connectivity index is 2.03. The summed E-state index contributed by atoms with van der Waals surface area (Å²) in [7, 11) is -1.68. The number of carbonyl (C=O) groups excluding carboxylic acids is 1. The van der Waals surface area contributed by atoms with Gasteiger partial charge < -0.3 is 15.0 Å². The second-order valence-corrected chi connectivity index (χ2v) is 8.23. The fourth-order valence-corrected chi connectivity index (χ4v) is 4.05. The van der Waals surface area contributed by atoms with E-state index in [0.29, 0.717) is 25.6 Å². The third kappa shape index (κ3) is 4.91. The molecule has 7 nitrogen and oxygen atoms in total. The van der Waals surface area contributed by atoms with E-state index in [4.69, 9.17) is 4.74 Å². The fourth-order valence-electron chi connectivity index (χ4n) is 3.18. The third-order valence-electron chi connectivity index (χ3n) is 4.51. The quantitative estimate of drug-likeness (QED) is 0.740. The van der Waals surface area contributed by atoms with Crippen molar-refractivity contribution in [1.29, 1.82) is 0 Å². The van der Waals surface area contributed by atoms with Crippen molar-refractivity contribution < 1.29 is 17.9 Å². The van der Waals surface area contributed by atoms with E-state index in [1.54, 1.807) is 7.05 Å². The molecule has 0 aromatic rings. The summed E-state index contributed by atoms with van der Waals surface area (Å²) in [6, 6.07) is 0. The van der Waals surface area contributed by atoms with Crippen molar-refractivity contribution in [3.63, 3.8) is 0 Å². The molecular weight excluding hydrogens is 306 g/mol. The molecule has 8 heteroatoms. The van der Waals surface area contributed by atoms with Crippen LogP contribution in [0.3, 0.4) is 0 Å². The van der Waals surface area contributed by atoms with Gasteiger partial charge in [-0.1, -0.05) is 0 Å². The minimum atomic E-state index is -3.27. The topological polar surface area (TPSA) is 79.0 Å². The molecule has 0 bridgehead atoms. The number of ether oxygens (including phenoxy) is 1. The van der Waals surface area contributed by atoms with Gasteiger partial charge in [-0.3, -0.25) is 4.79 Å². The van der Waals surface area contributed by atoms with Gasteiger partial charge in [-0.15, -0.1) is 0 Å². The Morgan fingerprint density at radius 2 is 1.91 bits per heavy atom. The van der Waals surface area contributed by atoms with E-state index >= 15 is 0 Å². The van der Waals surface area contributed by atoms with E-state index in [1.807, 2.05) is 0 Å². The highest BCUT2D eigenvalue weighted by Gasteiger charge is 2.32. The van der Waals surface area contributed by atoms with Crippen LogP contribution in [-0.4, -0.2) is 82.8 Å². The van der Waals surface area contributed by atoms with Gasteiger partial charge in [0.05, 0.1) is 12.2 Å². The lowest BCUT2D eigenvalue weighted by Gasteiger charge is -2.29. The lowest BCUT2D eigenvalue weighted by atomic mass is 9.99. The summed E-state index contributed by atoms with van der Waals surface area (Å²) in [5.41, 5.74) is 0. The Hall–Kier alpha value is -0.700. The zero-order valence-electron chi connectivity index (χ0n) is 13.5. The number of hydrogen-bond donors (Lipinski definition) is 1. The molecule has 1 atom stereocenters. The molecule has 0 spiro atoms. The van der Waals surface area contributed by atoms with Crippen LogP contribution < -0.4 is 5.32 Å². The summed E-state index contributed by atoms with van der Waals surface area (Å²) in [5.74, 6) is 0.165. The lowest BCUT2D eigenvalue weighted by molar-refractivity contribution is -0.125. The van der Waals surface area contributed by atoms with Gasteiger partial charge in [0.2, 0.25) is 15.9 Å². The molecule has 2 aliphatic rings. The van der Waals surface area contributed by atoms with Crippen molar-refractivity contribution in [1.82, 2.24) is 14.5 Å². The lowest BCUT2D eigenvalue weighted by Crippen LogP contribution is -2.42. The SMILES string of the molecule is CNC(=O)[C@H]1CN(CC2CCOCC2)CCN(S(C)(=O)=O)C1. The van der Waals surface area contributed by atoms with Crippen LogP contribution in [0.15, 0.2) is 0 Å². The highest BCUT2D eigenvalue weighted by atomic mass is 32.2. The predicted molar refractivity (Wildman–Crippen MR) is 84.0 cm³/mol. The van der Waals surface area contributed by atoms with Gasteiger partial charge in [0, 0.05) is 53.0 Å². The molecule has 0 aromatic carbocycles. The first-order valence-corrected chi connectivity index (χ1v) is 9.71. The molecule has 2 aliphatic heterocycles. The van der Waals surface area contributed by atoms with E-state index in [-0.39, 0.29) is 18.4 Å². The Kier molecular flexibility index (Phi) is 6.19. The highest BCUT2D eigenvalue weighted by Crippen LogP contribution is 2.19. The zero-order chi connectivity index (χ0) is 16.2. The first kappa shape index (κ1) is 17.7. The molecular formula is C14H27N3O4S. The summed E-state index contributed by atoms with van der Waals surface area (Å²) in [4.78, 5) is 14.3. The van der Waals surface area contributed by atoms with Crippen molar-refractivity contribution in [2.75, 3.05) is 59.2 Å². The Bertz CT molecular complexity index is 476. The molecule has 0 aromatic heterocycles. The van der Waals surface area contributed by atoms with Crippen LogP contribution in [0.25, 0.3) is 0 Å². The maximum absolute atomic E-state index is 12.1. The van der Waals surface area contributed by atoms with Gasteiger partial charge in [-0.25, -0.2) is 12.7 Å². The van der Waals surface area contributed by atoms with Gasteiger partial charge in [-0.2, -0.15) is 0 Å². The Morgan fingerprint density at radius 3 is 2.50 bits per heavy atom. The number of nitrogens with one attached hydrogen (secondary N) is 1. The van der Waals surface area contributed by atoms with E-state index in [1.165, 1.54) is 10.6 Å². The van der Waals surface area contributed by atoms with Gasteiger partial charge in [0.1, 0.15) is 0 Å². The van der Waals surface area contributed by atoms with E-state index in [9.17, 15) is 13.2 Å². The first-order valence-electron chi connectivity index (χ1n) is 7.87. The molecule has 0 radical (unpaired) electrons. The van der Waals surface area contributed by atoms with Crippen molar-refractivity contribution in [3.05, 3.63) is 0 Å². The van der Waals surface area contributed by atoms with Crippen molar-refractivity contribution >= 4 is 15.9 Å². The van der Waals surface area contributed by atoms with Crippen LogP contribution >= 0.6 is 0 Å². The molecule has 0 aliphatic carbocycles. The number of rotatable bonds is 4. The van der Waals surface area contributed by atoms with E-state index in [2.05, 4.69) is 10.2 Å². The predicted octanol–water partition coefficient (Wildman–Crippen LogP) is -0.648. The second kappa shape index (κ2) is 7.72. The smallest absolute Gasteiger partial charge is 0.225 e. The van der Waals surface area contributed by atoms with Crippen LogP contribution in [0.1, 0.15) is 12.8 Å². The number of hydrogen-bond acceptors (Lipinski definition) is 5. The fraction of sp³-hybridized carbons (Fsp3) is 0.929. The molecule has 0 unspecified atom stereocenters. The normalized spacial score (nSPS) is 26.5. The largest absolute Gasteiger partial charge is 0.381 e. The van der Waals surface area contributed by atoms with Gasteiger partial charge >= 0.3 is 0 Å². The molecule has 2 fully saturated rings. The Morgan fingerprint density at radius 1 is 1.23 bits per heavy atom.